The number of thiophene rings is 1. The fourth-order valence-electron chi connectivity index (χ4n) is 1.93. The minimum Gasteiger partial charge on any atom is -0.327 e. The zero-order valence-corrected chi connectivity index (χ0v) is 9.95. The summed E-state index contributed by atoms with van der Waals surface area (Å²) in [5, 5.41) is 2.79. The van der Waals surface area contributed by atoms with Crippen LogP contribution in [0.4, 0.5) is 0 Å². The molecule has 14 heavy (non-hydrogen) atoms. The summed E-state index contributed by atoms with van der Waals surface area (Å²) in [7, 11) is 0. The molecule has 2 atom stereocenters. The first kappa shape index (κ1) is 10.5. The molecule has 2 unspecified atom stereocenters. The first-order valence-corrected chi connectivity index (χ1v) is 7.08. The molecule has 1 nitrogen and oxygen atoms in total. The van der Waals surface area contributed by atoms with Crippen LogP contribution in [0.2, 0.25) is 0 Å². The number of hydrogen-bond donors (Lipinski definition) is 1. The van der Waals surface area contributed by atoms with Gasteiger partial charge in [-0.2, -0.15) is 0 Å². The fourth-order valence-corrected chi connectivity index (χ4v) is 4.19. The smallest absolute Gasteiger partial charge is 0.0601 e. The van der Waals surface area contributed by atoms with Gasteiger partial charge in [0.15, 0.2) is 0 Å². The fraction of sp³-hybridized carbons (Fsp3) is 0.636. The topological polar surface area (TPSA) is 26.0 Å². The lowest BCUT2D eigenvalue weighted by Gasteiger charge is -2.19. The third kappa shape index (κ3) is 2.75. The summed E-state index contributed by atoms with van der Waals surface area (Å²) in [4.78, 5) is 0. The number of rotatable bonds is 2. The molecule has 0 aliphatic heterocycles. The Morgan fingerprint density at radius 1 is 1.29 bits per heavy atom. The summed E-state index contributed by atoms with van der Waals surface area (Å²) in [6, 6.07) is 4.73. The van der Waals surface area contributed by atoms with Crippen molar-refractivity contribution in [1.29, 1.82) is 0 Å². The second-order valence-corrected chi connectivity index (χ2v) is 6.38. The zero-order chi connectivity index (χ0) is 9.80. The van der Waals surface area contributed by atoms with E-state index in [4.69, 9.17) is 5.73 Å². The van der Waals surface area contributed by atoms with Gasteiger partial charge in [0.1, 0.15) is 0 Å². The minimum atomic E-state index is 0.407. The summed E-state index contributed by atoms with van der Waals surface area (Å²) >= 11 is 3.82. The highest BCUT2D eigenvalue weighted by molar-refractivity contribution is 8.01. The number of nitrogens with two attached hydrogens (primary N) is 1. The Hall–Kier alpha value is 0.01000. The highest BCUT2D eigenvalue weighted by Crippen LogP contribution is 2.34. The van der Waals surface area contributed by atoms with Gasteiger partial charge in [0.2, 0.25) is 0 Å². The van der Waals surface area contributed by atoms with Crippen LogP contribution in [0.1, 0.15) is 32.1 Å². The maximum Gasteiger partial charge on any atom is 0.0601 e. The van der Waals surface area contributed by atoms with Gasteiger partial charge >= 0.3 is 0 Å². The molecule has 3 heteroatoms. The van der Waals surface area contributed by atoms with Crippen molar-refractivity contribution in [3.8, 4) is 0 Å². The summed E-state index contributed by atoms with van der Waals surface area (Å²) in [5.74, 6) is 0. The van der Waals surface area contributed by atoms with Gasteiger partial charge in [0.05, 0.1) is 4.21 Å². The molecule has 2 rings (SSSR count). The van der Waals surface area contributed by atoms with Crippen molar-refractivity contribution < 1.29 is 0 Å². The molecule has 1 aliphatic carbocycles. The summed E-state index contributed by atoms with van der Waals surface area (Å²) in [6.07, 6.45) is 6.56. The monoisotopic (exact) mass is 227 g/mol. The molecule has 1 saturated carbocycles. The SMILES string of the molecule is NC1CCCCCC1Sc1cccs1. The van der Waals surface area contributed by atoms with Gasteiger partial charge in [-0.15, -0.1) is 23.1 Å². The molecule has 1 heterocycles. The Kier molecular flexibility index (Phi) is 3.90. The average Bonchev–Trinajstić information content (AvgIpc) is 2.60. The van der Waals surface area contributed by atoms with E-state index in [0.29, 0.717) is 11.3 Å². The van der Waals surface area contributed by atoms with Crippen LogP contribution in [-0.4, -0.2) is 11.3 Å². The van der Waals surface area contributed by atoms with Crippen molar-refractivity contribution in [2.24, 2.45) is 5.73 Å². The van der Waals surface area contributed by atoms with E-state index >= 15 is 0 Å². The van der Waals surface area contributed by atoms with Crippen LogP contribution < -0.4 is 5.73 Å². The first-order valence-electron chi connectivity index (χ1n) is 5.32. The van der Waals surface area contributed by atoms with Crippen molar-refractivity contribution in [2.45, 2.75) is 47.6 Å². The van der Waals surface area contributed by atoms with Crippen LogP contribution in [-0.2, 0) is 0 Å². The third-order valence-electron chi connectivity index (χ3n) is 2.77. The summed E-state index contributed by atoms with van der Waals surface area (Å²) < 4.78 is 1.42. The van der Waals surface area contributed by atoms with E-state index in [2.05, 4.69) is 17.5 Å². The van der Waals surface area contributed by atoms with E-state index in [1.807, 2.05) is 23.1 Å². The third-order valence-corrected chi connectivity index (χ3v) is 5.26. The summed E-state index contributed by atoms with van der Waals surface area (Å²) in [5.41, 5.74) is 6.18. The molecular weight excluding hydrogens is 210 g/mol. The molecule has 1 fully saturated rings. The molecule has 0 saturated heterocycles. The molecular formula is C11H17NS2. The van der Waals surface area contributed by atoms with Gasteiger partial charge in [-0.05, 0) is 24.3 Å². The Labute approximate surface area is 94.1 Å². The van der Waals surface area contributed by atoms with Gasteiger partial charge in [-0.3, -0.25) is 0 Å². The Morgan fingerprint density at radius 3 is 2.93 bits per heavy atom. The standard InChI is InChI=1S/C11H17NS2/c12-9-5-2-1-3-6-10(9)14-11-7-4-8-13-11/h4,7-10H,1-3,5-6,12H2. The van der Waals surface area contributed by atoms with Crippen molar-refractivity contribution in [1.82, 2.24) is 0 Å². The molecule has 0 bridgehead atoms. The van der Waals surface area contributed by atoms with E-state index in [9.17, 15) is 0 Å². The summed E-state index contributed by atoms with van der Waals surface area (Å²) in [6.45, 7) is 0. The van der Waals surface area contributed by atoms with E-state index in [1.165, 1.54) is 36.3 Å². The van der Waals surface area contributed by atoms with Gasteiger partial charge in [0, 0.05) is 11.3 Å². The van der Waals surface area contributed by atoms with Gasteiger partial charge in [-0.1, -0.05) is 25.3 Å². The van der Waals surface area contributed by atoms with E-state index in [1.54, 1.807) is 0 Å². The van der Waals surface area contributed by atoms with Crippen LogP contribution in [0.3, 0.4) is 0 Å². The van der Waals surface area contributed by atoms with Gasteiger partial charge < -0.3 is 5.73 Å². The maximum absolute atomic E-state index is 6.18. The van der Waals surface area contributed by atoms with Crippen LogP contribution in [0, 0.1) is 0 Å². The largest absolute Gasteiger partial charge is 0.327 e. The maximum atomic E-state index is 6.18. The van der Waals surface area contributed by atoms with Crippen molar-refractivity contribution in [3.05, 3.63) is 17.5 Å². The first-order chi connectivity index (χ1) is 6.86. The average molecular weight is 227 g/mol. The van der Waals surface area contributed by atoms with Crippen LogP contribution in [0.25, 0.3) is 0 Å². The lowest BCUT2D eigenvalue weighted by molar-refractivity contribution is 0.596. The van der Waals surface area contributed by atoms with E-state index in [0.717, 1.165) is 0 Å². The molecule has 1 aromatic rings. The van der Waals surface area contributed by atoms with Gasteiger partial charge in [-0.25, -0.2) is 0 Å². The molecule has 0 aromatic carbocycles. The van der Waals surface area contributed by atoms with Crippen LogP contribution in [0.15, 0.2) is 21.7 Å². The predicted octanol–water partition coefficient (Wildman–Crippen LogP) is 3.50. The number of hydrogen-bond acceptors (Lipinski definition) is 3. The van der Waals surface area contributed by atoms with Crippen LogP contribution in [0.5, 0.6) is 0 Å². The molecule has 1 aromatic heterocycles. The number of thioether (sulfide) groups is 1. The molecule has 0 radical (unpaired) electrons. The Morgan fingerprint density at radius 2 is 2.14 bits per heavy atom. The van der Waals surface area contributed by atoms with Crippen LogP contribution >= 0.6 is 23.1 Å². The van der Waals surface area contributed by atoms with E-state index < -0.39 is 0 Å². The van der Waals surface area contributed by atoms with Crippen molar-refractivity contribution in [3.63, 3.8) is 0 Å². The predicted molar refractivity (Wildman–Crippen MR) is 65.0 cm³/mol. The lowest BCUT2D eigenvalue weighted by atomic mass is 10.1. The minimum absolute atomic E-state index is 0.407. The molecule has 2 N–H and O–H groups in total. The molecule has 1 aliphatic rings. The molecule has 0 spiro atoms. The Bertz CT molecular complexity index is 258. The lowest BCUT2D eigenvalue weighted by Crippen LogP contribution is -2.30. The highest BCUT2D eigenvalue weighted by atomic mass is 32.2. The molecule has 78 valence electrons. The van der Waals surface area contributed by atoms with E-state index in [-0.39, 0.29) is 0 Å². The zero-order valence-electron chi connectivity index (χ0n) is 8.32. The van der Waals surface area contributed by atoms with Crippen molar-refractivity contribution >= 4 is 23.1 Å². The molecule has 0 amide bonds. The normalized spacial score (nSPS) is 28.6. The second kappa shape index (κ2) is 5.19. The second-order valence-electron chi connectivity index (χ2n) is 3.89. The quantitative estimate of drug-likeness (QED) is 0.783. The van der Waals surface area contributed by atoms with Gasteiger partial charge in [0.25, 0.3) is 0 Å². The van der Waals surface area contributed by atoms with Crippen molar-refractivity contribution in [2.75, 3.05) is 0 Å². The Balaban J connectivity index is 1.94. The highest BCUT2D eigenvalue weighted by Gasteiger charge is 2.21.